The molecule has 2 heterocycles. The van der Waals surface area contributed by atoms with Crippen LogP contribution in [0.5, 0.6) is 0 Å². The molecule has 0 bridgehead atoms. The molecule has 1 aromatic heterocycles. The van der Waals surface area contributed by atoms with Crippen molar-refractivity contribution in [1.29, 1.82) is 5.26 Å². The first-order valence-corrected chi connectivity index (χ1v) is 8.05. The van der Waals surface area contributed by atoms with Crippen molar-refractivity contribution < 1.29 is 0 Å². The number of likely N-dealkylation sites (tertiary alicyclic amines) is 1. The van der Waals surface area contributed by atoms with Crippen LogP contribution in [-0.4, -0.2) is 40.3 Å². The Morgan fingerprint density at radius 3 is 2.67 bits per heavy atom. The minimum atomic E-state index is 0.393. The highest BCUT2D eigenvalue weighted by Gasteiger charge is 2.34. The highest BCUT2D eigenvalue weighted by Crippen LogP contribution is 2.31. The molecule has 1 aromatic rings. The summed E-state index contributed by atoms with van der Waals surface area (Å²) in [4.78, 5) is 2.55. The van der Waals surface area contributed by atoms with Gasteiger partial charge < -0.3 is 5.32 Å². The summed E-state index contributed by atoms with van der Waals surface area (Å²) in [6.45, 7) is 6.35. The molecule has 1 saturated heterocycles. The van der Waals surface area contributed by atoms with E-state index in [2.05, 4.69) is 40.3 Å². The Labute approximate surface area is 126 Å². The van der Waals surface area contributed by atoms with Crippen LogP contribution >= 0.6 is 0 Å². The van der Waals surface area contributed by atoms with Gasteiger partial charge in [0, 0.05) is 25.2 Å². The van der Waals surface area contributed by atoms with Gasteiger partial charge in [-0.2, -0.15) is 10.4 Å². The molecular formula is C16H23N5. The van der Waals surface area contributed by atoms with Crippen LogP contribution in [0.3, 0.4) is 0 Å². The molecule has 112 valence electrons. The van der Waals surface area contributed by atoms with Gasteiger partial charge in [-0.3, -0.25) is 4.90 Å². The maximum atomic E-state index is 9.51. The fourth-order valence-corrected chi connectivity index (χ4v) is 3.26. The normalized spacial score (nSPS) is 22.2. The molecule has 5 nitrogen and oxygen atoms in total. The molecule has 1 atom stereocenters. The Bertz CT molecular complexity index is 559. The fourth-order valence-electron chi connectivity index (χ4n) is 3.26. The smallest absolute Gasteiger partial charge is 0.167 e. The van der Waals surface area contributed by atoms with Gasteiger partial charge in [0.15, 0.2) is 5.82 Å². The van der Waals surface area contributed by atoms with E-state index in [9.17, 15) is 5.26 Å². The Kier molecular flexibility index (Phi) is 4.07. The number of anilines is 1. The van der Waals surface area contributed by atoms with Crippen molar-refractivity contribution >= 4 is 5.82 Å². The molecule has 0 aromatic carbocycles. The van der Waals surface area contributed by atoms with Crippen molar-refractivity contribution in [2.24, 2.45) is 0 Å². The van der Waals surface area contributed by atoms with E-state index >= 15 is 0 Å². The third-order valence-corrected chi connectivity index (χ3v) is 4.58. The van der Waals surface area contributed by atoms with Crippen LogP contribution in [0.1, 0.15) is 49.9 Å². The molecular weight excluding hydrogens is 262 g/mol. The van der Waals surface area contributed by atoms with Gasteiger partial charge in [-0.25, -0.2) is 0 Å². The molecule has 3 rings (SSSR count). The highest BCUT2D eigenvalue weighted by atomic mass is 15.3. The van der Waals surface area contributed by atoms with E-state index in [1.54, 1.807) is 0 Å². The second-order valence-electron chi connectivity index (χ2n) is 6.02. The molecule has 1 unspecified atom stereocenters. The number of rotatable bonds is 5. The van der Waals surface area contributed by atoms with E-state index in [4.69, 9.17) is 0 Å². The summed E-state index contributed by atoms with van der Waals surface area (Å²) >= 11 is 0. The highest BCUT2D eigenvalue weighted by molar-refractivity contribution is 5.57. The number of aryl methyl sites for hydroxylation is 1. The van der Waals surface area contributed by atoms with Gasteiger partial charge in [0.1, 0.15) is 11.6 Å². The lowest BCUT2D eigenvalue weighted by Crippen LogP contribution is -2.28. The predicted molar refractivity (Wildman–Crippen MR) is 82.1 cm³/mol. The molecule has 2 aliphatic rings. The third-order valence-electron chi connectivity index (χ3n) is 4.58. The lowest BCUT2D eigenvalue weighted by atomic mass is 10.0. The summed E-state index contributed by atoms with van der Waals surface area (Å²) in [5.41, 5.74) is 2.69. The summed E-state index contributed by atoms with van der Waals surface area (Å²) in [6.07, 6.45) is 5.47. The molecule has 0 amide bonds. The zero-order valence-electron chi connectivity index (χ0n) is 12.9. The first kappa shape index (κ1) is 14.3. The monoisotopic (exact) mass is 285 g/mol. The molecule has 5 heteroatoms. The van der Waals surface area contributed by atoms with Crippen LogP contribution in [0.25, 0.3) is 0 Å². The van der Waals surface area contributed by atoms with Crippen LogP contribution in [0.4, 0.5) is 5.82 Å². The SMILES string of the molecule is CCc1nnc(NC2CCN(C3CC3)C2)c(C#N)c1CC. The number of aromatic nitrogens is 2. The lowest BCUT2D eigenvalue weighted by Gasteiger charge is -2.17. The number of nitrogens with one attached hydrogen (secondary N) is 1. The van der Waals surface area contributed by atoms with E-state index in [1.807, 2.05) is 0 Å². The van der Waals surface area contributed by atoms with Crippen molar-refractivity contribution in [2.75, 3.05) is 18.4 Å². The van der Waals surface area contributed by atoms with E-state index in [-0.39, 0.29) is 0 Å². The predicted octanol–water partition coefficient (Wildman–Crippen LogP) is 2.12. The number of nitrogens with zero attached hydrogens (tertiary/aromatic N) is 4. The zero-order valence-corrected chi connectivity index (χ0v) is 12.9. The zero-order chi connectivity index (χ0) is 14.8. The summed E-state index contributed by atoms with van der Waals surface area (Å²) in [5, 5.41) is 21.6. The van der Waals surface area contributed by atoms with Crippen LogP contribution in [-0.2, 0) is 12.8 Å². The third kappa shape index (κ3) is 2.86. The summed E-state index contributed by atoms with van der Waals surface area (Å²) in [7, 11) is 0. The van der Waals surface area contributed by atoms with Crippen LogP contribution in [0, 0.1) is 11.3 Å². The maximum Gasteiger partial charge on any atom is 0.167 e. The first-order valence-electron chi connectivity index (χ1n) is 8.05. The molecule has 1 saturated carbocycles. The van der Waals surface area contributed by atoms with Gasteiger partial charge in [-0.1, -0.05) is 13.8 Å². The Morgan fingerprint density at radius 1 is 1.24 bits per heavy atom. The van der Waals surface area contributed by atoms with Gasteiger partial charge in [0.25, 0.3) is 0 Å². The lowest BCUT2D eigenvalue weighted by molar-refractivity contribution is 0.326. The summed E-state index contributed by atoms with van der Waals surface area (Å²) in [5.74, 6) is 0.675. The van der Waals surface area contributed by atoms with Gasteiger partial charge in [-0.15, -0.1) is 5.10 Å². The molecule has 0 radical (unpaired) electrons. The number of hydrogen-bond acceptors (Lipinski definition) is 5. The van der Waals surface area contributed by atoms with E-state index in [1.165, 1.54) is 12.8 Å². The van der Waals surface area contributed by atoms with Gasteiger partial charge in [0.2, 0.25) is 0 Å². The van der Waals surface area contributed by atoms with Crippen molar-refractivity contribution in [3.8, 4) is 6.07 Å². The average molecular weight is 285 g/mol. The van der Waals surface area contributed by atoms with E-state index in [0.29, 0.717) is 17.4 Å². The maximum absolute atomic E-state index is 9.51. The summed E-state index contributed by atoms with van der Waals surface area (Å²) in [6, 6.07) is 3.54. The molecule has 1 aliphatic carbocycles. The first-order chi connectivity index (χ1) is 10.3. The van der Waals surface area contributed by atoms with E-state index < -0.39 is 0 Å². The molecule has 2 fully saturated rings. The summed E-state index contributed by atoms with van der Waals surface area (Å²) < 4.78 is 0. The quantitative estimate of drug-likeness (QED) is 0.897. The Morgan fingerprint density at radius 2 is 2.05 bits per heavy atom. The van der Waals surface area contributed by atoms with E-state index in [0.717, 1.165) is 49.7 Å². The van der Waals surface area contributed by atoms with Gasteiger partial charge in [-0.05, 0) is 37.7 Å². The number of hydrogen-bond donors (Lipinski definition) is 1. The van der Waals surface area contributed by atoms with Gasteiger partial charge >= 0.3 is 0 Å². The minimum Gasteiger partial charge on any atom is -0.363 e. The van der Waals surface area contributed by atoms with Crippen LogP contribution in [0.2, 0.25) is 0 Å². The molecule has 21 heavy (non-hydrogen) atoms. The van der Waals surface area contributed by atoms with Crippen LogP contribution in [0.15, 0.2) is 0 Å². The topological polar surface area (TPSA) is 64.8 Å². The molecule has 0 spiro atoms. The Hall–Kier alpha value is -1.67. The van der Waals surface area contributed by atoms with Crippen molar-refractivity contribution in [2.45, 2.75) is 58.0 Å². The fraction of sp³-hybridized carbons (Fsp3) is 0.688. The molecule has 1 N–H and O–H groups in total. The second kappa shape index (κ2) is 5.98. The average Bonchev–Trinajstić information content (AvgIpc) is 3.26. The minimum absolute atomic E-state index is 0.393. The molecule has 1 aliphatic heterocycles. The second-order valence-corrected chi connectivity index (χ2v) is 6.02. The van der Waals surface area contributed by atoms with Crippen molar-refractivity contribution in [3.05, 3.63) is 16.8 Å². The standard InChI is InChI=1S/C16H23N5/c1-3-13-14(9-17)16(20-19-15(13)4-2)18-11-7-8-21(10-11)12-5-6-12/h11-12H,3-8,10H2,1-2H3,(H,18,20). The van der Waals surface area contributed by atoms with Crippen molar-refractivity contribution in [3.63, 3.8) is 0 Å². The largest absolute Gasteiger partial charge is 0.363 e. The van der Waals surface area contributed by atoms with Gasteiger partial charge in [0.05, 0.1) is 5.69 Å². The Balaban J connectivity index is 1.77. The van der Waals surface area contributed by atoms with Crippen molar-refractivity contribution in [1.82, 2.24) is 15.1 Å². The number of nitriles is 1. The van der Waals surface area contributed by atoms with Crippen LogP contribution < -0.4 is 5.32 Å².